The fourth-order valence-electron chi connectivity index (χ4n) is 2.77. The van der Waals surface area contributed by atoms with Crippen LogP contribution in [-0.4, -0.2) is 39.2 Å². The third-order valence-corrected chi connectivity index (χ3v) is 6.30. The summed E-state index contributed by atoms with van der Waals surface area (Å²) in [4.78, 5) is 24.8. The molecule has 0 aliphatic carbocycles. The predicted octanol–water partition coefficient (Wildman–Crippen LogP) is 3.06. The first kappa shape index (κ1) is 23.3. The van der Waals surface area contributed by atoms with Crippen LogP contribution in [0.15, 0.2) is 48.5 Å². The topological polar surface area (TPSA) is 115 Å². The highest BCUT2D eigenvalue weighted by Gasteiger charge is 2.24. The zero-order valence-corrected chi connectivity index (χ0v) is 17.8. The monoisotopic (exact) mass is 430 g/mol. The van der Waals surface area contributed by atoms with Crippen molar-refractivity contribution in [3.8, 4) is 6.07 Å². The molecule has 2 rings (SSSR count). The van der Waals surface area contributed by atoms with Gasteiger partial charge in [-0.15, -0.1) is 0 Å². The van der Waals surface area contributed by atoms with Gasteiger partial charge in [0.05, 0.1) is 24.9 Å². The zero-order valence-electron chi connectivity index (χ0n) is 17.0. The molecule has 0 aliphatic rings. The Morgan fingerprint density at radius 1 is 1.07 bits per heavy atom. The zero-order chi connectivity index (χ0) is 22.1. The van der Waals surface area contributed by atoms with Crippen LogP contribution in [0.25, 0.3) is 0 Å². The molecule has 0 heterocycles. The Bertz CT molecular complexity index is 976. The predicted molar refractivity (Wildman–Crippen MR) is 110 cm³/mol. The molecule has 0 fully saturated rings. The Labute approximate surface area is 175 Å². The maximum Gasteiger partial charge on any atom is 0.334 e. The van der Waals surface area contributed by atoms with Gasteiger partial charge in [0.2, 0.25) is 0 Å². The lowest BCUT2D eigenvalue weighted by molar-refractivity contribution is -0.142. The largest absolute Gasteiger partial charge is 0.467 e. The molecule has 30 heavy (non-hydrogen) atoms. The molecule has 158 valence electrons. The van der Waals surface area contributed by atoms with Gasteiger partial charge in [0.15, 0.2) is 0 Å². The smallest absolute Gasteiger partial charge is 0.334 e. The van der Waals surface area contributed by atoms with Crippen LogP contribution in [0, 0.1) is 11.3 Å². The number of ether oxygens (including phenoxy) is 1. The lowest BCUT2D eigenvalue weighted by Gasteiger charge is -2.17. The van der Waals surface area contributed by atoms with E-state index in [-0.39, 0.29) is 12.6 Å². The molecule has 1 amide bonds. The fourth-order valence-corrected chi connectivity index (χ4v) is 3.83. The van der Waals surface area contributed by atoms with Gasteiger partial charge in [-0.3, -0.25) is 9.36 Å². The Morgan fingerprint density at radius 3 is 2.30 bits per heavy atom. The van der Waals surface area contributed by atoms with E-state index in [1.54, 1.807) is 48.5 Å². The summed E-state index contributed by atoms with van der Waals surface area (Å²) in [7, 11) is 0.652. The second-order valence-electron chi connectivity index (χ2n) is 6.40. The minimum atomic E-state index is -3.21. The molecule has 0 saturated heterocycles. The van der Waals surface area contributed by atoms with E-state index in [9.17, 15) is 14.2 Å². The lowest BCUT2D eigenvalue weighted by atomic mass is 10.0. The molecular formula is C21H23N2O6P. The average Bonchev–Trinajstić information content (AvgIpc) is 2.78. The number of carbonyl (C=O) groups is 2. The summed E-state index contributed by atoms with van der Waals surface area (Å²) in [6, 6.07) is 14.3. The van der Waals surface area contributed by atoms with E-state index in [1.165, 1.54) is 21.3 Å². The summed E-state index contributed by atoms with van der Waals surface area (Å²) in [5, 5.41) is 11.7. The summed E-state index contributed by atoms with van der Waals surface area (Å²) in [6.07, 6.45) is 0.249. The molecule has 0 radical (unpaired) electrons. The maximum atomic E-state index is 12.6. The molecule has 8 nitrogen and oxygen atoms in total. The van der Waals surface area contributed by atoms with Crippen molar-refractivity contribution >= 4 is 19.5 Å². The average molecular weight is 430 g/mol. The van der Waals surface area contributed by atoms with Crippen molar-refractivity contribution in [3.63, 3.8) is 0 Å². The molecule has 0 aromatic heterocycles. The molecule has 0 bridgehead atoms. The van der Waals surface area contributed by atoms with Crippen LogP contribution in [0.1, 0.15) is 27.0 Å². The Balaban J connectivity index is 2.12. The fraction of sp³-hybridized carbons (Fsp3) is 0.286. The maximum absolute atomic E-state index is 12.6. The van der Waals surface area contributed by atoms with Gasteiger partial charge >= 0.3 is 13.6 Å². The Hall–Kier alpha value is -2.98. The summed E-state index contributed by atoms with van der Waals surface area (Å²) in [5.74, 6) is -1.06. The van der Waals surface area contributed by atoms with Crippen LogP contribution in [0.2, 0.25) is 0 Å². The number of nitrogens with one attached hydrogen (secondary N) is 1. The number of amides is 1. The summed E-state index contributed by atoms with van der Waals surface area (Å²) in [5.41, 5.74) is 2.18. The van der Waals surface area contributed by atoms with Crippen molar-refractivity contribution < 1.29 is 27.9 Å². The van der Waals surface area contributed by atoms with Crippen LogP contribution in [0.5, 0.6) is 0 Å². The Morgan fingerprint density at radius 2 is 1.73 bits per heavy atom. The van der Waals surface area contributed by atoms with Crippen LogP contribution in [0.4, 0.5) is 0 Å². The van der Waals surface area contributed by atoms with E-state index in [0.29, 0.717) is 16.7 Å². The van der Waals surface area contributed by atoms with Gasteiger partial charge in [0.1, 0.15) is 6.04 Å². The molecule has 0 unspecified atom stereocenters. The second-order valence-corrected chi connectivity index (χ2v) is 8.66. The molecule has 0 aliphatic heterocycles. The van der Waals surface area contributed by atoms with Gasteiger partial charge in [-0.1, -0.05) is 24.3 Å². The Kier molecular flexibility index (Phi) is 8.31. The first-order chi connectivity index (χ1) is 14.3. The first-order valence-corrected chi connectivity index (χ1v) is 10.7. The SMILES string of the molecule is COC(=O)[C@H](Cc1cccc(C#N)c1)NC(=O)c1ccc(CP(=O)(OC)OC)cc1. The van der Waals surface area contributed by atoms with Gasteiger partial charge in [-0.2, -0.15) is 5.26 Å². The van der Waals surface area contributed by atoms with Crippen molar-refractivity contribution in [2.24, 2.45) is 0 Å². The third-order valence-electron chi connectivity index (χ3n) is 4.44. The summed E-state index contributed by atoms with van der Waals surface area (Å²) >= 11 is 0. The first-order valence-electron chi connectivity index (χ1n) is 9.01. The molecule has 1 atom stereocenters. The van der Waals surface area contributed by atoms with E-state index < -0.39 is 25.5 Å². The number of nitrogens with zero attached hydrogens (tertiary/aromatic N) is 1. The van der Waals surface area contributed by atoms with Crippen molar-refractivity contribution in [3.05, 3.63) is 70.8 Å². The highest BCUT2D eigenvalue weighted by atomic mass is 31.2. The van der Waals surface area contributed by atoms with E-state index in [0.717, 1.165) is 5.56 Å². The van der Waals surface area contributed by atoms with Crippen LogP contribution >= 0.6 is 7.60 Å². The second kappa shape index (κ2) is 10.7. The van der Waals surface area contributed by atoms with Crippen LogP contribution in [-0.2, 0) is 35.7 Å². The van der Waals surface area contributed by atoms with Gasteiger partial charge < -0.3 is 19.1 Å². The standard InChI is InChI=1S/C21H23N2O6P/c1-27-21(25)19(12-16-5-4-6-17(11-16)13-22)23-20(24)18-9-7-15(8-10-18)14-30(26,28-2)29-3/h4-11,19H,12,14H2,1-3H3,(H,23,24)/t19-/m0/s1. The molecule has 2 aromatic carbocycles. The normalized spacial score (nSPS) is 11.9. The van der Waals surface area contributed by atoms with Gasteiger partial charge in [-0.05, 0) is 35.4 Å². The van der Waals surface area contributed by atoms with Gasteiger partial charge in [0.25, 0.3) is 5.91 Å². The van der Waals surface area contributed by atoms with Gasteiger partial charge in [0, 0.05) is 26.2 Å². The molecule has 9 heteroatoms. The number of rotatable bonds is 9. The van der Waals surface area contributed by atoms with Crippen molar-refractivity contribution in [1.29, 1.82) is 5.26 Å². The summed E-state index contributed by atoms with van der Waals surface area (Å²) in [6.45, 7) is 0. The number of hydrogen-bond acceptors (Lipinski definition) is 7. The third kappa shape index (κ3) is 6.26. The molecule has 0 saturated carbocycles. The van der Waals surface area contributed by atoms with Crippen molar-refractivity contribution in [1.82, 2.24) is 5.32 Å². The van der Waals surface area contributed by atoms with Crippen LogP contribution in [0.3, 0.4) is 0 Å². The quantitative estimate of drug-likeness (QED) is 0.480. The van der Waals surface area contributed by atoms with Crippen LogP contribution < -0.4 is 5.32 Å². The molecule has 2 aromatic rings. The number of methoxy groups -OCH3 is 1. The summed E-state index contributed by atoms with van der Waals surface area (Å²) < 4.78 is 26.8. The minimum Gasteiger partial charge on any atom is -0.467 e. The highest BCUT2D eigenvalue weighted by Crippen LogP contribution is 2.49. The number of carbonyl (C=O) groups excluding carboxylic acids is 2. The van der Waals surface area contributed by atoms with E-state index in [1.807, 2.05) is 6.07 Å². The van der Waals surface area contributed by atoms with E-state index in [2.05, 4.69) is 5.32 Å². The van der Waals surface area contributed by atoms with Gasteiger partial charge in [-0.25, -0.2) is 4.79 Å². The number of benzene rings is 2. The molecule has 1 N–H and O–H groups in total. The van der Waals surface area contributed by atoms with Crippen molar-refractivity contribution in [2.45, 2.75) is 18.6 Å². The van der Waals surface area contributed by atoms with Crippen molar-refractivity contribution in [2.75, 3.05) is 21.3 Å². The molecular weight excluding hydrogens is 407 g/mol. The molecule has 0 spiro atoms. The number of esters is 1. The number of nitriles is 1. The highest BCUT2D eigenvalue weighted by molar-refractivity contribution is 7.52. The lowest BCUT2D eigenvalue weighted by Crippen LogP contribution is -2.43. The minimum absolute atomic E-state index is 0.0713. The van der Waals surface area contributed by atoms with E-state index in [4.69, 9.17) is 19.0 Å². The number of hydrogen-bond donors (Lipinski definition) is 1. The van der Waals surface area contributed by atoms with E-state index >= 15 is 0 Å².